The summed E-state index contributed by atoms with van der Waals surface area (Å²) in [6.45, 7) is 6.89. The maximum Gasteiger partial charge on any atom is 0.191 e. The molecule has 120 valence electrons. The SMILES string of the molecule is CCNC(=NCc1ccon1)NCC(C)(O)c1ccc(C)o1. The number of aromatic nitrogens is 1. The molecule has 0 aliphatic rings. The van der Waals surface area contributed by atoms with Gasteiger partial charge in [0, 0.05) is 12.6 Å². The van der Waals surface area contributed by atoms with Gasteiger partial charge in [0.1, 0.15) is 29.1 Å². The number of nitrogens with one attached hydrogen (secondary N) is 2. The molecular weight excluding hydrogens is 284 g/mol. The topological polar surface area (TPSA) is 95.8 Å². The lowest BCUT2D eigenvalue weighted by Gasteiger charge is -2.22. The second-order valence-corrected chi connectivity index (χ2v) is 5.22. The van der Waals surface area contributed by atoms with Crippen molar-refractivity contribution in [3.8, 4) is 0 Å². The Morgan fingerprint density at radius 3 is 2.77 bits per heavy atom. The van der Waals surface area contributed by atoms with Crippen LogP contribution in [0.25, 0.3) is 0 Å². The molecule has 3 N–H and O–H groups in total. The van der Waals surface area contributed by atoms with Crippen molar-refractivity contribution in [3.63, 3.8) is 0 Å². The van der Waals surface area contributed by atoms with Crippen LogP contribution in [0.4, 0.5) is 0 Å². The molecule has 2 rings (SSSR count). The van der Waals surface area contributed by atoms with Crippen molar-refractivity contribution in [1.82, 2.24) is 15.8 Å². The van der Waals surface area contributed by atoms with Crippen LogP contribution in [0.1, 0.15) is 31.1 Å². The first-order chi connectivity index (χ1) is 10.5. The molecule has 2 aromatic heterocycles. The number of furan rings is 1. The fraction of sp³-hybridized carbons (Fsp3) is 0.467. The van der Waals surface area contributed by atoms with Gasteiger partial charge in [0.25, 0.3) is 0 Å². The fourth-order valence-corrected chi connectivity index (χ4v) is 1.89. The number of hydrogen-bond acceptors (Lipinski definition) is 5. The summed E-state index contributed by atoms with van der Waals surface area (Å²) >= 11 is 0. The van der Waals surface area contributed by atoms with Crippen molar-refractivity contribution in [2.24, 2.45) is 4.99 Å². The van der Waals surface area contributed by atoms with Crippen LogP contribution in [-0.4, -0.2) is 29.3 Å². The van der Waals surface area contributed by atoms with Crippen LogP contribution in [-0.2, 0) is 12.1 Å². The van der Waals surface area contributed by atoms with E-state index in [1.165, 1.54) is 6.26 Å². The van der Waals surface area contributed by atoms with Crippen LogP contribution < -0.4 is 10.6 Å². The molecule has 7 heteroatoms. The highest BCUT2D eigenvalue weighted by Gasteiger charge is 2.27. The molecule has 22 heavy (non-hydrogen) atoms. The quantitative estimate of drug-likeness (QED) is 0.553. The lowest BCUT2D eigenvalue weighted by atomic mass is 10.0. The van der Waals surface area contributed by atoms with Gasteiger partial charge in [0.15, 0.2) is 5.96 Å². The van der Waals surface area contributed by atoms with Crippen molar-refractivity contribution in [2.75, 3.05) is 13.1 Å². The first-order valence-corrected chi connectivity index (χ1v) is 7.22. The van der Waals surface area contributed by atoms with Gasteiger partial charge in [0.05, 0.1) is 13.1 Å². The maximum absolute atomic E-state index is 10.5. The average molecular weight is 306 g/mol. The number of aliphatic imine (C=N–C) groups is 1. The first-order valence-electron chi connectivity index (χ1n) is 7.22. The van der Waals surface area contributed by atoms with E-state index in [0.29, 0.717) is 24.8 Å². The lowest BCUT2D eigenvalue weighted by molar-refractivity contribution is 0.0378. The van der Waals surface area contributed by atoms with Crippen molar-refractivity contribution < 1.29 is 14.0 Å². The van der Waals surface area contributed by atoms with Gasteiger partial charge in [-0.2, -0.15) is 0 Å². The Morgan fingerprint density at radius 1 is 1.36 bits per heavy atom. The molecule has 0 aromatic carbocycles. The van der Waals surface area contributed by atoms with Gasteiger partial charge in [-0.05, 0) is 32.9 Å². The van der Waals surface area contributed by atoms with Crippen molar-refractivity contribution in [3.05, 3.63) is 41.7 Å². The Labute approximate surface area is 129 Å². The summed E-state index contributed by atoms with van der Waals surface area (Å²) in [5.41, 5.74) is -0.385. The molecule has 0 spiro atoms. The smallest absolute Gasteiger partial charge is 0.191 e. The summed E-state index contributed by atoms with van der Waals surface area (Å²) in [5.74, 6) is 1.88. The molecule has 0 radical (unpaired) electrons. The number of aryl methyl sites for hydroxylation is 1. The molecule has 0 bridgehead atoms. The monoisotopic (exact) mass is 306 g/mol. The molecule has 7 nitrogen and oxygen atoms in total. The summed E-state index contributed by atoms with van der Waals surface area (Å²) in [7, 11) is 0. The highest BCUT2D eigenvalue weighted by atomic mass is 16.5. The second-order valence-electron chi connectivity index (χ2n) is 5.22. The summed E-state index contributed by atoms with van der Waals surface area (Å²) < 4.78 is 10.3. The van der Waals surface area contributed by atoms with Gasteiger partial charge in [-0.1, -0.05) is 5.16 Å². The number of hydrogen-bond donors (Lipinski definition) is 3. The van der Waals surface area contributed by atoms with Gasteiger partial charge in [-0.25, -0.2) is 4.99 Å². The molecule has 1 atom stereocenters. The predicted octanol–water partition coefficient (Wildman–Crippen LogP) is 1.54. The van der Waals surface area contributed by atoms with E-state index in [2.05, 4.69) is 20.8 Å². The van der Waals surface area contributed by atoms with Crippen LogP contribution >= 0.6 is 0 Å². The summed E-state index contributed by atoms with van der Waals surface area (Å²) in [4.78, 5) is 4.39. The predicted molar refractivity (Wildman–Crippen MR) is 82.3 cm³/mol. The van der Waals surface area contributed by atoms with Crippen LogP contribution in [0.3, 0.4) is 0 Å². The molecule has 1 unspecified atom stereocenters. The standard InChI is InChI=1S/C15H22N4O3/c1-4-16-14(17-9-12-7-8-21-19-12)18-10-15(3,20)13-6-5-11(2)22-13/h5-8,20H,4,9-10H2,1-3H3,(H2,16,17,18). The molecule has 0 saturated carbocycles. The molecule has 0 aliphatic heterocycles. The van der Waals surface area contributed by atoms with Crippen LogP contribution in [0, 0.1) is 6.92 Å². The minimum absolute atomic E-state index is 0.268. The third-order valence-electron chi connectivity index (χ3n) is 3.11. The summed E-state index contributed by atoms with van der Waals surface area (Å²) in [6, 6.07) is 5.36. The molecule has 0 fully saturated rings. The molecule has 0 saturated heterocycles. The summed E-state index contributed by atoms with van der Waals surface area (Å²) in [5, 5.41) is 20.5. The van der Waals surface area contributed by atoms with E-state index in [0.717, 1.165) is 11.5 Å². The van der Waals surface area contributed by atoms with Gasteiger partial charge in [0.2, 0.25) is 0 Å². The first kappa shape index (κ1) is 16.1. The Bertz CT molecular complexity index is 602. The minimum atomic E-state index is -1.13. The Balaban J connectivity index is 1.97. The molecule has 0 aliphatic carbocycles. The number of nitrogens with zero attached hydrogens (tertiary/aromatic N) is 2. The molecular formula is C15H22N4O3. The Hall–Kier alpha value is -2.28. The van der Waals surface area contributed by atoms with Crippen LogP contribution in [0.2, 0.25) is 0 Å². The third kappa shape index (κ3) is 4.36. The minimum Gasteiger partial charge on any atom is -0.463 e. The van der Waals surface area contributed by atoms with Crippen LogP contribution in [0.15, 0.2) is 38.4 Å². The molecule has 0 amide bonds. The van der Waals surface area contributed by atoms with E-state index >= 15 is 0 Å². The third-order valence-corrected chi connectivity index (χ3v) is 3.11. The van der Waals surface area contributed by atoms with E-state index in [4.69, 9.17) is 8.94 Å². The Kier molecular flexibility index (Phi) is 5.21. The van der Waals surface area contributed by atoms with Gasteiger partial charge in [-0.15, -0.1) is 0 Å². The van der Waals surface area contributed by atoms with Crippen molar-refractivity contribution in [2.45, 2.75) is 32.9 Å². The van der Waals surface area contributed by atoms with E-state index in [1.807, 2.05) is 19.9 Å². The molecule has 2 heterocycles. The highest BCUT2D eigenvalue weighted by Crippen LogP contribution is 2.21. The van der Waals surface area contributed by atoms with Gasteiger partial charge < -0.3 is 24.7 Å². The molecule has 2 aromatic rings. The zero-order chi connectivity index (χ0) is 16.0. The number of rotatable bonds is 6. The van der Waals surface area contributed by atoms with Gasteiger partial charge >= 0.3 is 0 Å². The van der Waals surface area contributed by atoms with Crippen molar-refractivity contribution in [1.29, 1.82) is 0 Å². The maximum atomic E-state index is 10.5. The normalized spacial score (nSPS) is 14.6. The number of aliphatic hydroxyl groups is 1. The summed E-state index contributed by atoms with van der Waals surface area (Å²) in [6.07, 6.45) is 1.51. The zero-order valence-corrected chi connectivity index (χ0v) is 13.1. The van der Waals surface area contributed by atoms with E-state index in [-0.39, 0.29) is 6.54 Å². The van der Waals surface area contributed by atoms with E-state index in [9.17, 15) is 5.11 Å². The fourth-order valence-electron chi connectivity index (χ4n) is 1.89. The highest BCUT2D eigenvalue weighted by molar-refractivity contribution is 5.79. The van der Waals surface area contributed by atoms with Crippen LogP contribution in [0.5, 0.6) is 0 Å². The lowest BCUT2D eigenvalue weighted by Crippen LogP contribution is -2.44. The second kappa shape index (κ2) is 7.13. The van der Waals surface area contributed by atoms with E-state index < -0.39 is 5.60 Å². The van der Waals surface area contributed by atoms with Crippen molar-refractivity contribution >= 4 is 5.96 Å². The zero-order valence-electron chi connectivity index (χ0n) is 13.1. The van der Waals surface area contributed by atoms with Gasteiger partial charge in [-0.3, -0.25) is 0 Å². The average Bonchev–Trinajstić information content (AvgIpc) is 3.13. The van der Waals surface area contributed by atoms with E-state index in [1.54, 1.807) is 19.1 Å². The number of guanidine groups is 1. The largest absolute Gasteiger partial charge is 0.463 e. The Morgan fingerprint density at radius 2 is 2.18 bits per heavy atom.